The fraction of sp³-hybridized carbons (Fsp3) is 0.625. The molecule has 0 bridgehead atoms. The third kappa shape index (κ3) is 1.34. The van der Waals surface area contributed by atoms with Crippen LogP contribution in [0.25, 0.3) is 0 Å². The van der Waals surface area contributed by atoms with Crippen molar-refractivity contribution in [3.8, 4) is 0 Å². The number of hydrogen-bond donors (Lipinski definition) is 1. The van der Waals surface area contributed by atoms with Crippen molar-refractivity contribution in [2.75, 3.05) is 5.33 Å². The van der Waals surface area contributed by atoms with Crippen LogP contribution < -0.4 is 0 Å². The molecule has 1 unspecified atom stereocenters. The Hall–Kier alpha value is -0.310. The van der Waals surface area contributed by atoms with Crippen molar-refractivity contribution in [3.05, 3.63) is 17.7 Å². The summed E-state index contributed by atoms with van der Waals surface area (Å²) in [6.07, 6.45) is 5.40. The van der Waals surface area contributed by atoms with E-state index in [1.807, 2.05) is 0 Å². The molecule has 0 radical (unpaired) electrons. The highest BCUT2D eigenvalue weighted by atomic mass is 79.9. The molecule has 3 heteroatoms. The molecule has 0 aliphatic heterocycles. The van der Waals surface area contributed by atoms with Gasteiger partial charge >= 0.3 is 0 Å². The number of aryl methyl sites for hydroxylation is 1. The maximum absolute atomic E-state index is 4.25. The van der Waals surface area contributed by atoms with Gasteiger partial charge in [-0.3, -0.25) is 0 Å². The van der Waals surface area contributed by atoms with Crippen molar-refractivity contribution in [1.82, 2.24) is 9.97 Å². The van der Waals surface area contributed by atoms with Gasteiger partial charge in [-0.2, -0.15) is 0 Å². The summed E-state index contributed by atoms with van der Waals surface area (Å²) in [6, 6.07) is 0. The predicted molar refractivity (Wildman–Crippen MR) is 47.9 cm³/mol. The van der Waals surface area contributed by atoms with Crippen LogP contribution in [0.5, 0.6) is 0 Å². The number of halogens is 1. The van der Waals surface area contributed by atoms with Crippen molar-refractivity contribution >= 4 is 15.9 Å². The van der Waals surface area contributed by atoms with E-state index in [0.717, 1.165) is 17.7 Å². The van der Waals surface area contributed by atoms with E-state index in [2.05, 4.69) is 25.9 Å². The molecule has 1 aromatic rings. The maximum Gasteiger partial charge on any atom is 0.0925 e. The van der Waals surface area contributed by atoms with Crippen LogP contribution in [0.1, 0.15) is 17.8 Å². The molecule has 1 heterocycles. The number of fused-ring (bicyclic) bond motifs is 1. The van der Waals surface area contributed by atoms with Crippen molar-refractivity contribution in [2.24, 2.45) is 5.92 Å². The quantitative estimate of drug-likeness (QED) is 0.712. The van der Waals surface area contributed by atoms with E-state index in [0.29, 0.717) is 0 Å². The molecule has 0 saturated heterocycles. The Labute approximate surface area is 74.5 Å². The summed E-state index contributed by atoms with van der Waals surface area (Å²) in [5.41, 5.74) is 2.63. The molecule has 60 valence electrons. The predicted octanol–water partition coefficient (Wildman–Crippen LogP) is 1.91. The topological polar surface area (TPSA) is 28.7 Å². The number of hydrogen-bond acceptors (Lipinski definition) is 1. The van der Waals surface area contributed by atoms with Gasteiger partial charge in [0.15, 0.2) is 0 Å². The third-order valence-corrected chi connectivity index (χ3v) is 3.22. The summed E-state index contributed by atoms with van der Waals surface area (Å²) >= 11 is 3.52. The van der Waals surface area contributed by atoms with E-state index in [9.17, 15) is 0 Å². The Morgan fingerprint density at radius 1 is 1.73 bits per heavy atom. The second-order valence-corrected chi connectivity index (χ2v) is 3.74. The number of rotatable bonds is 1. The van der Waals surface area contributed by atoms with Gasteiger partial charge < -0.3 is 4.98 Å². The number of nitrogens with zero attached hydrogens (tertiary/aromatic N) is 1. The van der Waals surface area contributed by atoms with Crippen LogP contribution in [-0.2, 0) is 12.8 Å². The molecule has 11 heavy (non-hydrogen) atoms. The van der Waals surface area contributed by atoms with Crippen LogP contribution in [0.15, 0.2) is 6.33 Å². The third-order valence-electron chi connectivity index (χ3n) is 2.31. The van der Waals surface area contributed by atoms with Gasteiger partial charge in [0.2, 0.25) is 0 Å². The first-order chi connectivity index (χ1) is 5.40. The lowest BCUT2D eigenvalue weighted by molar-refractivity contribution is 0.502. The SMILES string of the molecule is BrCC1CCc2nc[nH]c2C1. The number of H-pyrrole nitrogens is 1. The second-order valence-electron chi connectivity index (χ2n) is 3.09. The molecule has 0 aromatic carbocycles. The van der Waals surface area contributed by atoms with Crippen LogP contribution in [-0.4, -0.2) is 15.3 Å². The van der Waals surface area contributed by atoms with Crippen molar-refractivity contribution in [3.63, 3.8) is 0 Å². The van der Waals surface area contributed by atoms with Crippen LogP contribution in [0, 0.1) is 5.92 Å². The lowest BCUT2D eigenvalue weighted by atomic mass is 9.92. The minimum absolute atomic E-state index is 0.808. The highest BCUT2D eigenvalue weighted by molar-refractivity contribution is 9.09. The normalized spacial score (nSPS) is 23.2. The van der Waals surface area contributed by atoms with Gasteiger partial charge in [0, 0.05) is 11.0 Å². The molecule has 2 rings (SSSR count). The molecule has 1 N–H and O–H groups in total. The van der Waals surface area contributed by atoms with Crippen molar-refractivity contribution in [1.29, 1.82) is 0 Å². The number of alkyl halides is 1. The number of aromatic amines is 1. The summed E-state index contributed by atoms with van der Waals surface area (Å²) in [5.74, 6) is 0.808. The number of imidazole rings is 1. The molecule has 0 fully saturated rings. The Morgan fingerprint density at radius 3 is 3.45 bits per heavy atom. The standard InChI is InChI=1S/C8H11BrN2/c9-4-6-1-2-7-8(3-6)11-5-10-7/h5-6H,1-4H2,(H,10,11). The molecule has 2 nitrogen and oxygen atoms in total. The first kappa shape index (κ1) is 7.35. The summed E-state index contributed by atoms with van der Waals surface area (Å²) in [7, 11) is 0. The molecular formula is C8H11BrN2. The summed E-state index contributed by atoms with van der Waals surface area (Å²) in [4.78, 5) is 7.44. The minimum Gasteiger partial charge on any atom is -0.348 e. The monoisotopic (exact) mass is 214 g/mol. The van der Waals surface area contributed by atoms with E-state index in [1.165, 1.54) is 24.2 Å². The first-order valence-electron chi connectivity index (χ1n) is 3.97. The van der Waals surface area contributed by atoms with E-state index >= 15 is 0 Å². The molecule has 1 aromatic heterocycles. The minimum atomic E-state index is 0.808. The zero-order valence-corrected chi connectivity index (χ0v) is 7.89. The molecule has 0 saturated carbocycles. The van der Waals surface area contributed by atoms with Gasteiger partial charge in [-0.15, -0.1) is 0 Å². The zero-order chi connectivity index (χ0) is 7.68. The van der Waals surface area contributed by atoms with Gasteiger partial charge in [0.05, 0.1) is 12.0 Å². The van der Waals surface area contributed by atoms with Gasteiger partial charge in [0.25, 0.3) is 0 Å². The zero-order valence-electron chi connectivity index (χ0n) is 6.31. The van der Waals surface area contributed by atoms with Gasteiger partial charge in [-0.05, 0) is 25.2 Å². The Balaban J connectivity index is 2.18. The molecule has 0 amide bonds. The van der Waals surface area contributed by atoms with Crippen molar-refractivity contribution < 1.29 is 0 Å². The Morgan fingerprint density at radius 2 is 2.64 bits per heavy atom. The van der Waals surface area contributed by atoms with Gasteiger partial charge in [0.1, 0.15) is 0 Å². The molecule has 1 aliphatic carbocycles. The Bertz CT molecular complexity index is 244. The van der Waals surface area contributed by atoms with E-state index in [4.69, 9.17) is 0 Å². The average Bonchev–Trinajstić information content (AvgIpc) is 2.50. The van der Waals surface area contributed by atoms with E-state index in [1.54, 1.807) is 6.33 Å². The lowest BCUT2D eigenvalue weighted by Crippen LogP contribution is -2.14. The molecule has 0 spiro atoms. The largest absolute Gasteiger partial charge is 0.348 e. The van der Waals surface area contributed by atoms with Gasteiger partial charge in [-0.25, -0.2) is 4.98 Å². The lowest BCUT2D eigenvalue weighted by Gasteiger charge is -2.18. The summed E-state index contributed by atoms with van der Waals surface area (Å²) in [5, 5.41) is 1.12. The second kappa shape index (κ2) is 2.97. The fourth-order valence-electron chi connectivity index (χ4n) is 1.60. The maximum atomic E-state index is 4.25. The highest BCUT2D eigenvalue weighted by Gasteiger charge is 2.18. The average molecular weight is 215 g/mol. The smallest absolute Gasteiger partial charge is 0.0925 e. The molecular weight excluding hydrogens is 204 g/mol. The number of nitrogens with one attached hydrogen (secondary N) is 1. The van der Waals surface area contributed by atoms with Crippen LogP contribution in [0.4, 0.5) is 0 Å². The summed E-state index contributed by atoms with van der Waals surface area (Å²) in [6.45, 7) is 0. The van der Waals surface area contributed by atoms with E-state index in [-0.39, 0.29) is 0 Å². The van der Waals surface area contributed by atoms with E-state index < -0.39 is 0 Å². The molecule has 1 atom stereocenters. The molecule has 1 aliphatic rings. The summed E-state index contributed by atoms with van der Waals surface area (Å²) < 4.78 is 0. The van der Waals surface area contributed by atoms with Gasteiger partial charge in [-0.1, -0.05) is 15.9 Å². The fourth-order valence-corrected chi connectivity index (χ4v) is 2.16. The van der Waals surface area contributed by atoms with Crippen molar-refractivity contribution in [2.45, 2.75) is 19.3 Å². The van der Waals surface area contributed by atoms with Crippen LogP contribution in [0.2, 0.25) is 0 Å². The highest BCUT2D eigenvalue weighted by Crippen LogP contribution is 2.23. The van der Waals surface area contributed by atoms with Crippen LogP contribution in [0.3, 0.4) is 0 Å². The Kier molecular flexibility index (Phi) is 1.98. The number of aromatic nitrogens is 2. The van der Waals surface area contributed by atoms with Crippen LogP contribution >= 0.6 is 15.9 Å². The first-order valence-corrected chi connectivity index (χ1v) is 5.09.